The third-order valence-electron chi connectivity index (χ3n) is 1.83. The minimum atomic E-state index is -4.07. The predicted molar refractivity (Wildman–Crippen MR) is 55.4 cm³/mol. The van der Waals surface area contributed by atoms with Crippen LogP contribution in [-0.4, -0.2) is 22.9 Å². The molecule has 3 nitrogen and oxygen atoms in total. The summed E-state index contributed by atoms with van der Waals surface area (Å²) < 4.78 is 35.4. The fraction of sp³-hybridized carbons (Fsp3) is 0.556. The average molecular weight is 254 g/mol. The Balaban J connectivity index is 2.14. The van der Waals surface area contributed by atoms with E-state index in [4.69, 9.17) is 11.6 Å². The van der Waals surface area contributed by atoms with Gasteiger partial charge in [0.2, 0.25) is 0 Å². The van der Waals surface area contributed by atoms with Gasteiger partial charge in [-0.15, -0.1) is 10.2 Å². The molecule has 0 radical (unpaired) electrons. The zero-order chi connectivity index (χ0) is 12.0. The molecule has 0 saturated heterocycles. The van der Waals surface area contributed by atoms with Crippen molar-refractivity contribution in [1.82, 2.24) is 10.2 Å². The number of hydrogen-bond donors (Lipinski definition) is 1. The van der Waals surface area contributed by atoms with Gasteiger partial charge in [0.25, 0.3) is 0 Å². The molecule has 0 aromatic carbocycles. The summed E-state index contributed by atoms with van der Waals surface area (Å²) in [6.45, 7) is 0.437. The third kappa shape index (κ3) is 5.75. The van der Waals surface area contributed by atoms with Crippen LogP contribution >= 0.6 is 11.6 Å². The van der Waals surface area contributed by atoms with E-state index in [0.29, 0.717) is 18.8 Å². The van der Waals surface area contributed by atoms with Gasteiger partial charge < -0.3 is 5.32 Å². The number of anilines is 1. The molecule has 0 unspecified atom stereocenters. The number of nitrogens with zero attached hydrogens (tertiary/aromatic N) is 2. The highest BCUT2D eigenvalue weighted by Crippen LogP contribution is 2.22. The molecule has 90 valence electrons. The molecule has 0 aliphatic rings. The number of alkyl halides is 3. The summed E-state index contributed by atoms with van der Waals surface area (Å²) in [4.78, 5) is 0. The second-order valence-electron chi connectivity index (χ2n) is 3.24. The molecular weight excluding hydrogens is 243 g/mol. The third-order valence-corrected chi connectivity index (χ3v) is 2.03. The molecule has 0 atom stereocenters. The molecule has 1 N–H and O–H groups in total. The summed E-state index contributed by atoms with van der Waals surface area (Å²) >= 11 is 5.52. The summed E-state index contributed by atoms with van der Waals surface area (Å²) in [7, 11) is 0. The highest BCUT2D eigenvalue weighted by molar-refractivity contribution is 6.29. The molecule has 0 bridgehead atoms. The number of rotatable bonds is 5. The van der Waals surface area contributed by atoms with Gasteiger partial charge in [-0.2, -0.15) is 13.2 Å². The van der Waals surface area contributed by atoms with Crippen molar-refractivity contribution >= 4 is 17.4 Å². The maximum Gasteiger partial charge on any atom is 0.389 e. The molecule has 0 aliphatic heterocycles. The van der Waals surface area contributed by atoms with Gasteiger partial charge in [-0.05, 0) is 25.0 Å². The Hall–Kier alpha value is -1.04. The van der Waals surface area contributed by atoms with Crippen LogP contribution in [0.5, 0.6) is 0 Å². The molecule has 7 heteroatoms. The Bertz CT molecular complexity index is 313. The van der Waals surface area contributed by atoms with E-state index >= 15 is 0 Å². The van der Waals surface area contributed by atoms with Crippen LogP contribution in [0.15, 0.2) is 12.1 Å². The van der Waals surface area contributed by atoms with Crippen molar-refractivity contribution in [3.8, 4) is 0 Å². The largest absolute Gasteiger partial charge is 0.389 e. The normalized spacial score (nSPS) is 11.5. The van der Waals surface area contributed by atoms with E-state index in [-0.39, 0.29) is 11.6 Å². The smallest absolute Gasteiger partial charge is 0.369 e. The van der Waals surface area contributed by atoms with Crippen LogP contribution in [0, 0.1) is 0 Å². The number of halogens is 4. The van der Waals surface area contributed by atoms with Crippen molar-refractivity contribution in [3.63, 3.8) is 0 Å². The van der Waals surface area contributed by atoms with Crippen molar-refractivity contribution in [3.05, 3.63) is 17.3 Å². The number of aromatic nitrogens is 2. The van der Waals surface area contributed by atoms with Gasteiger partial charge in [-0.25, -0.2) is 0 Å². The van der Waals surface area contributed by atoms with Crippen LogP contribution in [-0.2, 0) is 0 Å². The molecule has 0 fully saturated rings. The summed E-state index contributed by atoms with van der Waals surface area (Å²) in [6.07, 6.45) is -4.28. The van der Waals surface area contributed by atoms with Crippen LogP contribution < -0.4 is 5.32 Å². The average Bonchev–Trinajstić information content (AvgIpc) is 2.19. The zero-order valence-corrected chi connectivity index (χ0v) is 9.15. The quantitative estimate of drug-likeness (QED) is 0.819. The number of hydrogen-bond acceptors (Lipinski definition) is 3. The van der Waals surface area contributed by atoms with E-state index < -0.39 is 12.6 Å². The molecule has 1 rings (SSSR count). The predicted octanol–water partition coefficient (Wildman–Crippen LogP) is 3.27. The molecule has 1 aromatic heterocycles. The van der Waals surface area contributed by atoms with Crippen LogP contribution in [0.1, 0.15) is 19.3 Å². The van der Waals surface area contributed by atoms with E-state index in [0.717, 1.165) is 0 Å². The highest BCUT2D eigenvalue weighted by Gasteiger charge is 2.25. The van der Waals surface area contributed by atoms with E-state index in [2.05, 4.69) is 15.5 Å². The maximum atomic E-state index is 11.8. The molecular formula is C9H11ClF3N3. The SMILES string of the molecule is FC(F)(F)CCCCNc1ccc(Cl)nn1. The first-order chi connectivity index (χ1) is 7.47. The highest BCUT2D eigenvalue weighted by atomic mass is 35.5. The summed E-state index contributed by atoms with van der Waals surface area (Å²) in [5, 5.41) is 10.4. The minimum absolute atomic E-state index is 0.109. The first-order valence-electron chi connectivity index (χ1n) is 4.77. The fourth-order valence-electron chi connectivity index (χ4n) is 1.08. The summed E-state index contributed by atoms with van der Waals surface area (Å²) in [5.74, 6) is 0.511. The van der Waals surface area contributed by atoms with E-state index in [1.165, 1.54) is 0 Å². The van der Waals surface area contributed by atoms with Gasteiger partial charge in [-0.1, -0.05) is 11.6 Å². The summed E-state index contributed by atoms with van der Waals surface area (Å²) in [5.41, 5.74) is 0. The van der Waals surface area contributed by atoms with E-state index in [1.807, 2.05) is 0 Å². The summed E-state index contributed by atoms with van der Waals surface area (Å²) in [6, 6.07) is 3.19. The van der Waals surface area contributed by atoms with E-state index in [9.17, 15) is 13.2 Å². The van der Waals surface area contributed by atoms with Crippen LogP contribution in [0.4, 0.5) is 19.0 Å². The van der Waals surface area contributed by atoms with Gasteiger partial charge >= 0.3 is 6.18 Å². The van der Waals surface area contributed by atoms with Crippen molar-refractivity contribution < 1.29 is 13.2 Å². The first-order valence-corrected chi connectivity index (χ1v) is 5.15. The van der Waals surface area contributed by atoms with Crippen LogP contribution in [0.3, 0.4) is 0 Å². The lowest BCUT2D eigenvalue weighted by molar-refractivity contribution is -0.135. The minimum Gasteiger partial charge on any atom is -0.369 e. The standard InChI is InChI=1S/C9H11ClF3N3/c10-7-3-4-8(16-15-7)14-6-2-1-5-9(11,12)13/h3-4H,1-2,5-6H2,(H,14,16). The Labute approximate surface area is 96.0 Å². The molecule has 0 amide bonds. The lowest BCUT2D eigenvalue weighted by Gasteiger charge is -2.06. The van der Waals surface area contributed by atoms with Gasteiger partial charge in [0, 0.05) is 13.0 Å². The lowest BCUT2D eigenvalue weighted by Crippen LogP contribution is -2.09. The van der Waals surface area contributed by atoms with Crippen molar-refractivity contribution in [1.29, 1.82) is 0 Å². The fourth-order valence-corrected chi connectivity index (χ4v) is 1.18. The van der Waals surface area contributed by atoms with Crippen LogP contribution in [0.2, 0.25) is 5.15 Å². The Kier molecular flexibility index (Phi) is 4.79. The van der Waals surface area contributed by atoms with Gasteiger partial charge in [-0.3, -0.25) is 0 Å². The molecule has 1 aromatic rings. The first kappa shape index (κ1) is 13.0. The van der Waals surface area contributed by atoms with Crippen LogP contribution in [0.25, 0.3) is 0 Å². The molecule has 0 saturated carbocycles. The van der Waals surface area contributed by atoms with Crippen molar-refractivity contribution in [2.24, 2.45) is 0 Å². The second-order valence-corrected chi connectivity index (χ2v) is 3.63. The monoisotopic (exact) mass is 253 g/mol. The van der Waals surface area contributed by atoms with Gasteiger partial charge in [0.1, 0.15) is 5.82 Å². The molecule has 1 heterocycles. The number of unbranched alkanes of at least 4 members (excludes halogenated alkanes) is 1. The molecule has 16 heavy (non-hydrogen) atoms. The Morgan fingerprint density at radius 3 is 2.50 bits per heavy atom. The van der Waals surface area contributed by atoms with Crippen molar-refractivity contribution in [2.75, 3.05) is 11.9 Å². The second kappa shape index (κ2) is 5.89. The Morgan fingerprint density at radius 1 is 1.19 bits per heavy atom. The lowest BCUT2D eigenvalue weighted by atomic mass is 10.2. The Morgan fingerprint density at radius 2 is 1.94 bits per heavy atom. The zero-order valence-electron chi connectivity index (χ0n) is 8.39. The molecule has 0 aliphatic carbocycles. The van der Waals surface area contributed by atoms with E-state index in [1.54, 1.807) is 12.1 Å². The van der Waals surface area contributed by atoms with Gasteiger partial charge in [0.05, 0.1) is 0 Å². The maximum absolute atomic E-state index is 11.8. The molecule has 0 spiro atoms. The van der Waals surface area contributed by atoms with Crippen molar-refractivity contribution in [2.45, 2.75) is 25.4 Å². The topological polar surface area (TPSA) is 37.8 Å². The number of nitrogens with one attached hydrogen (secondary N) is 1. The van der Waals surface area contributed by atoms with Gasteiger partial charge in [0.15, 0.2) is 5.15 Å².